The van der Waals surface area contributed by atoms with E-state index in [0.29, 0.717) is 16.6 Å². The van der Waals surface area contributed by atoms with Crippen LogP contribution in [-0.4, -0.2) is 20.4 Å². The van der Waals surface area contributed by atoms with Crippen LogP contribution in [0.5, 0.6) is 5.75 Å². The molecule has 0 atom stereocenters. The van der Waals surface area contributed by atoms with E-state index < -0.39 is 10.9 Å². The van der Waals surface area contributed by atoms with Gasteiger partial charge in [0.1, 0.15) is 11.9 Å². The van der Waals surface area contributed by atoms with Crippen molar-refractivity contribution in [1.82, 2.24) is 9.55 Å². The molecule has 3 rings (SSSR count). The maximum atomic E-state index is 12.1. The molecule has 2 aromatic carbocycles. The number of fused-ring (bicyclic) bond motifs is 1. The first-order chi connectivity index (χ1) is 12.0. The van der Waals surface area contributed by atoms with E-state index in [1.54, 1.807) is 23.6 Å². The molecule has 3 aromatic rings. The molecule has 0 amide bonds. The first kappa shape index (κ1) is 16.9. The summed E-state index contributed by atoms with van der Waals surface area (Å²) >= 11 is 6.15. The molecule has 8 heteroatoms. The van der Waals surface area contributed by atoms with Crippen LogP contribution < -0.4 is 4.74 Å². The first-order valence-corrected chi connectivity index (χ1v) is 7.89. The number of benzene rings is 2. The number of ether oxygens (including phenoxy) is 1. The third kappa shape index (κ3) is 3.61. The second-order valence-electron chi connectivity index (χ2n) is 5.41. The van der Waals surface area contributed by atoms with E-state index in [4.69, 9.17) is 16.3 Å². The molecule has 25 heavy (non-hydrogen) atoms. The molecule has 7 nitrogen and oxygen atoms in total. The summed E-state index contributed by atoms with van der Waals surface area (Å²) in [6.07, 6.45) is 1.37. The van der Waals surface area contributed by atoms with E-state index in [-0.39, 0.29) is 18.8 Å². The van der Waals surface area contributed by atoms with Crippen molar-refractivity contribution in [2.75, 3.05) is 0 Å². The van der Waals surface area contributed by atoms with Crippen LogP contribution >= 0.6 is 11.6 Å². The van der Waals surface area contributed by atoms with Gasteiger partial charge in [-0.1, -0.05) is 35.9 Å². The third-order valence-electron chi connectivity index (χ3n) is 3.76. The van der Waals surface area contributed by atoms with Gasteiger partial charge in [-0.05, 0) is 22.0 Å². The fraction of sp³-hybridized carbons (Fsp3) is 0.176. The van der Waals surface area contributed by atoms with Crippen LogP contribution in [0.4, 0.5) is 5.82 Å². The lowest BCUT2D eigenvalue weighted by Gasteiger charge is -2.09. The van der Waals surface area contributed by atoms with Gasteiger partial charge in [0.05, 0.1) is 6.42 Å². The maximum Gasteiger partial charge on any atom is 0.381 e. The minimum Gasteiger partial charge on any atom is -0.426 e. The third-order valence-corrected chi connectivity index (χ3v) is 4.09. The average Bonchev–Trinajstić information content (AvgIpc) is 2.97. The first-order valence-electron chi connectivity index (χ1n) is 7.52. The molecule has 0 N–H and O–H groups in total. The Morgan fingerprint density at radius 3 is 2.68 bits per heavy atom. The van der Waals surface area contributed by atoms with Crippen molar-refractivity contribution in [3.05, 3.63) is 63.6 Å². The molecule has 0 unspecified atom stereocenters. The number of nitro groups is 1. The Balaban J connectivity index is 1.71. The zero-order valence-corrected chi connectivity index (χ0v) is 14.1. The van der Waals surface area contributed by atoms with Gasteiger partial charge >= 0.3 is 11.8 Å². The summed E-state index contributed by atoms with van der Waals surface area (Å²) in [6.45, 7) is 1.89. The van der Waals surface area contributed by atoms with Gasteiger partial charge in [0, 0.05) is 29.3 Å². The van der Waals surface area contributed by atoms with Gasteiger partial charge in [-0.3, -0.25) is 4.79 Å². The van der Waals surface area contributed by atoms with E-state index >= 15 is 0 Å². The fourth-order valence-electron chi connectivity index (χ4n) is 2.52. The van der Waals surface area contributed by atoms with Crippen LogP contribution in [0.3, 0.4) is 0 Å². The van der Waals surface area contributed by atoms with Crippen LogP contribution in [0.2, 0.25) is 5.02 Å². The Labute approximate surface area is 148 Å². The SMILES string of the molecule is Cc1nc([N+](=O)[O-])cn1CCC(=O)Oc1ccc(Cl)c2ccccc12. The summed E-state index contributed by atoms with van der Waals surface area (Å²) in [5.41, 5.74) is 0. The molecule has 1 heterocycles. The van der Waals surface area contributed by atoms with Crippen LogP contribution in [0.1, 0.15) is 12.2 Å². The number of aryl methyl sites for hydroxylation is 2. The molecule has 128 valence electrons. The number of aromatic nitrogens is 2. The van der Waals surface area contributed by atoms with E-state index in [2.05, 4.69) is 4.98 Å². The van der Waals surface area contributed by atoms with Crippen molar-refractivity contribution in [2.24, 2.45) is 0 Å². The lowest BCUT2D eigenvalue weighted by molar-refractivity contribution is -0.389. The Kier molecular flexibility index (Phi) is 4.67. The number of carbonyl (C=O) groups excluding carboxylic acids is 1. The molecule has 1 aromatic heterocycles. The quantitative estimate of drug-likeness (QED) is 0.298. The monoisotopic (exact) mass is 359 g/mol. The number of carbonyl (C=O) groups is 1. The van der Waals surface area contributed by atoms with Crippen molar-refractivity contribution in [3.8, 4) is 5.75 Å². The highest BCUT2D eigenvalue weighted by molar-refractivity contribution is 6.35. The van der Waals surface area contributed by atoms with Gasteiger partial charge in [-0.15, -0.1) is 0 Å². The van der Waals surface area contributed by atoms with E-state index in [9.17, 15) is 14.9 Å². The zero-order chi connectivity index (χ0) is 18.0. The number of halogens is 1. The topological polar surface area (TPSA) is 87.3 Å². The van der Waals surface area contributed by atoms with Crippen molar-refractivity contribution >= 4 is 34.2 Å². The molecule has 0 spiro atoms. The standard InChI is InChI=1S/C17H14ClN3O4/c1-11-19-16(21(23)24)10-20(11)9-8-17(22)25-15-7-6-14(18)12-4-2-3-5-13(12)15/h2-7,10H,8-9H2,1H3. The van der Waals surface area contributed by atoms with E-state index in [0.717, 1.165) is 10.8 Å². The van der Waals surface area contributed by atoms with Gasteiger partial charge in [-0.25, -0.2) is 0 Å². The largest absolute Gasteiger partial charge is 0.426 e. The molecule has 0 aliphatic carbocycles. The Bertz CT molecular complexity index is 968. The van der Waals surface area contributed by atoms with Crippen LogP contribution in [0.25, 0.3) is 10.8 Å². The van der Waals surface area contributed by atoms with E-state index in [1.165, 1.54) is 6.20 Å². The predicted octanol–water partition coefficient (Wildman–Crippen LogP) is 3.90. The molecule has 0 aliphatic rings. The Morgan fingerprint density at radius 1 is 1.28 bits per heavy atom. The second-order valence-corrected chi connectivity index (χ2v) is 5.82. The van der Waals surface area contributed by atoms with Crippen molar-refractivity contribution in [2.45, 2.75) is 19.9 Å². The maximum absolute atomic E-state index is 12.1. The lowest BCUT2D eigenvalue weighted by Crippen LogP contribution is -2.12. The van der Waals surface area contributed by atoms with Gasteiger partial charge in [0.2, 0.25) is 5.82 Å². The highest BCUT2D eigenvalue weighted by Gasteiger charge is 2.16. The predicted molar refractivity (Wildman–Crippen MR) is 92.8 cm³/mol. The van der Waals surface area contributed by atoms with Crippen molar-refractivity contribution in [3.63, 3.8) is 0 Å². The summed E-state index contributed by atoms with van der Waals surface area (Å²) in [4.78, 5) is 26.1. The Morgan fingerprint density at radius 2 is 2.00 bits per heavy atom. The molecule has 0 saturated carbocycles. The summed E-state index contributed by atoms with van der Waals surface area (Å²) in [5, 5.41) is 12.9. The molecule has 0 bridgehead atoms. The van der Waals surface area contributed by atoms with Crippen LogP contribution in [-0.2, 0) is 11.3 Å². The lowest BCUT2D eigenvalue weighted by atomic mass is 10.1. The molecule has 0 saturated heterocycles. The summed E-state index contributed by atoms with van der Waals surface area (Å²) in [6, 6.07) is 10.7. The summed E-state index contributed by atoms with van der Waals surface area (Å²) in [7, 11) is 0. The molecule has 0 aliphatic heterocycles. The van der Waals surface area contributed by atoms with E-state index in [1.807, 2.05) is 24.3 Å². The van der Waals surface area contributed by atoms with Crippen molar-refractivity contribution < 1.29 is 14.5 Å². The second kappa shape index (κ2) is 6.90. The number of hydrogen-bond donors (Lipinski definition) is 0. The van der Waals surface area contributed by atoms with Crippen LogP contribution in [0.15, 0.2) is 42.6 Å². The molecule has 0 radical (unpaired) electrons. The number of imidazole rings is 1. The van der Waals surface area contributed by atoms with Gasteiger partial charge < -0.3 is 19.4 Å². The summed E-state index contributed by atoms with van der Waals surface area (Å²) < 4.78 is 6.99. The zero-order valence-electron chi connectivity index (χ0n) is 13.3. The Hall–Kier alpha value is -2.93. The highest BCUT2D eigenvalue weighted by atomic mass is 35.5. The molecule has 0 fully saturated rings. The number of nitrogens with zero attached hydrogens (tertiary/aromatic N) is 3. The minimum absolute atomic E-state index is 0.0608. The smallest absolute Gasteiger partial charge is 0.381 e. The van der Waals surface area contributed by atoms with Crippen molar-refractivity contribution in [1.29, 1.82) is 0 Å². The normalized spacial score (nSPS) is 10.8. The van der Waals surface area contributed by atoms with Crippen LogP contribution in [0, 0.1) is 17.0 Å². The molecular weight excluding hydrogens is 346 g/mol. The highest BCUT2D eigenvalue weighted by Crippen LogP contribution is 2.31. The molecular formula is C17H14ClN3O4. The number of rotatable bonds is 5. The summed E-state index contributed by atoms with van der Waals surface area (Å²) in [5.74, 6) is 0.215. The average molecular weight is 360 g/mol. The van der Waals surface area contributed by atoms with Gasteiger partial charge in [0.25, 0.3) is 0 Å². The minimum atomic E-state index is -0.568. The van der Waals surface area contributed by atoms with Gasteiger partial charge in [0.15, 0.2) is 0 Å². The fourth-order valence-corrected chi connectivity index (χ4v) is 2.74. The number of esters is 1. The number of hydrogen-bond acceptors (Lipinski definition) is 5. The van der Waals surface area contributed by atoms with Gasteiger partial charge in [-0.2, -0.15) is 0 Å².